The van der Waals surface area contributed by atoms with Gasteiger partial charge in [-0.25, -0.2) is 4.98 Å². The topological polar surface area (TPSA) is 79.7 Å². The molecule has 0 aliphatic heterocycles. The number of benzene rings is 2. The van der Waals surface area contributed by atoms with Crippen molar-refractivity contribution in [2.24, 2.45) is 0 Å². The number of hydrogen-bond acceptors (Lipinski definition) is 6. The van der Waals surface area contributed by atoms with Crippen LogP contribution in [0.4, 0.5) is 5.69 Å². The van der Waals surface area contributed by atoms with E-state index in [1.807, 2.05) is 19.1 Å². The Labute approximate surface area is 133 Å². The number of aromatic nitrogens is 1. The first kappa shape index (κ1) is 15.0. The van der Waals surface area contributed by atoms with Gasteiger partial charge < -0.3 is 24.4 Å². The molecule has 23 heavy (non-hydrogen) atoms. The van der Waals surface area contributed by atoms with Crippen LogP contribution in [0.25, 0.3) is 22.6 Å². The number of anilines is 1. The summed E-state index contributed by atoms with van der Waals surface area (Å²) in [6.45, 7) is 1.96. The number of nitrogen functional groups attached to an aromatic ring is 1. The van der Waals surface area contributed by atoms with E-state index in [-0.39, 0.29) is 0 Å². The van der Waals surface area contributed by atoms with Crippen LogP contribution in [-0.4, -0.2) is 26.3 Å². The number of fused-ring (bicyclic) bond motifs is 1. The monoisotopic (exact) mass is 314 g/mol. The first-order valence-corrected chi connectivity index (χ1v) is 7.04. The van der Waals surface area contributed by atoms with Gasteiger partial charge in [0, 0.05) is 5.56 Å². The zero-order chi connectivity index (χ0) is 16.6. The van der Waals surface area contributed by atoms with Crippen molar-refractivity contribution >= 4 is 16.8 Å². The maximum Gasteiger partial charge on any atom is 0.227 e. The minimum atomic E-state index is 0.441. The molecule has 0 bridgehead atoms. The number of rotatable bonds is 4. The Morgan fingerprint density at radius 1 is 0.957 bits per heavy atom. The van der Waals surface area contributed by atoms with Crippen LogP contribution in [0.5, 0.6) is 17.2 Å². The number of ether oxygens (including phenoxy) is 3. The molecule has 0 saturated heterocycles. The average molecular weight is 314 g/mol. The lowest BCUT2D eigenvalue weighted by Gasteiger charge is -2.12. The fourth-order valence-electron chi connectivity index (χ4n) is 2.53. The lowest BCUT2D eigenvalue weighted by atomic mass is 10.2. The van der Waals surface area contributed by atoms with E-state index in [0.717, 1.165) is 5.56 Å². The third-order valence-corrected chi connectivity index (χ3v) is 3.57. The molecule has 0 aliphatic rings. The highest BCUT2D eigenvalue weighted by atomic mass is 16.5. The summed E-state index contributed by atoms with van der Waals surface area (Å²) in [5.41, 5.74) is 9.59. The molecule has 1 aromatic heterocycles. The predicted octanol–water partition coefficient (Wildman–Crippen LogP) is 3.41. The summed E-state index contributed by atoms with van der Waals surface area (Å²) in [5.74, 6) is 2.03. The zero-order valence-electron chi connectivity index (χ0n) is 13.5. The summed E-state index contributed by atoms with van der Waals surface area (Å²) in [4.78, 5) is 4.51. The summed E-state index contributed by atoms with van der Waals surface area (Å²) >= 11 is 0. The fourth-order valence-corrected chi connectivity index (χ4v) is 2.53. The number of nitrogens with two attached hydrogens (primary N) is 1. The summed E-state index contributed by atoms with van der Waals surface area (Å²) in [5, 5.41) is 0. The quantitative estimate of drug-likeness (QED) is 0.743. The van der Waals surface area contributed by atoms with Crippen molar-refractivity contribution in [3.63, 3.8) is 0 Å². The van der Waals surface area contributed by atoms with E-state index < -0.39 is 0 Å². The Hall–Kier alpha value is -2.89. The second-order valence-corrected chi connectivity index (χ2v) is 5.14. The highest BCUT2D eigenvalue weighted by molar-refractivity contribution is 5.87. The van der Waals surface area contributed by atoms with Crippen LogP contribution >= 0.6 is 0 Å². The van der Waals surface area contributed by atoms with Crippen molar-refractivity contribution in [3.05, 3.63) is 29.8 Å². The lowest BCUT2D eigenvalue weighted by molar-refractivity contribution is 0.324. The molecule has 120 valence electrons. The van der Waals surface area contributed by atoms with E-state index in [4.69, 9.17) is 24.4 Å². The van der Waals surface area contributed by atoms with Crippen molar-refractivity contribution in [1.29, 1.82) is 0 Å². The van der Waals surface area contributed by atoms with Gasteiger partial charge >= 0.3 is 0 Å². The Morgan fingerprint density at radius 3 is 2.17 bits per heavy atom. The molecule has 0 radical (unpaired) electrons. The van der Waals surface area contributed by atoms with Gasteiger partial charge in [-0.15, -0.1) is 0 Å². The SMILES string of the molecule is COc1cc(-c2nc3cc(C)cc(N)c3o2)cc(OC)c1OC. The van der Waals surface area contributed by atoms with E-state index in [1.54, 1.807) is 33.5 Å². The maximum atomic E-state index is 6.00. The molecule has 0 spiro atoms. The molecule has 0 saturated carbocycles. The highest BCUT2D eigenvalue weighted by Crippen LogP contribution is 2.41. The largest absolute Gasteiger partial charge is 0.493 e. The normalized spacial score (nSPS) is 10.8. The van der Waals surface area contributed by atoms with Crippen LogP contribution in [0.1, 0.15) is 5.56 Å². The van der Waals surface area contributed by atoms with Crippen LogP contribution < -0.4 is 19.9 Å². The molecular weight excluding hydrogens is 296 g/mol. The van der Waals surface area contributed by atoms with Gasteiger partial charge in [0.15, 0.2) is 17.1 Å². The van der Waals surface area contributed by atoms with E-state index in [1.165, 1.54) is 0 Å². The minimum Gasteiger partial charge on any atom is -0.493 e. The Kier molecular flexibility index (Phi) is 3.73. The first-order chi connectivity index (χ1) is 11.1. The number of methoxy groups -OCH3 is 3. The Bertz CT molecular complexity index is 845. The van der Waals surface area contributed by atoms with E-state index in [0.29, 0.717) is 45.5 Å². The Morgan fingerprint density at radius 2 is 1.61 bits per heavy atom. The van der Waals surface area contributed by atoms with Gasteiger partial charge in [-0.3, -0.25) is 0 Å². The molecule has 0 unspecified atom stereocenters. The van der Waals surface area contributed by atoms with Crippen LogP contribution in [0.3, 0.4) is 0 Å². The van der Waals surface area contributed by atoms with Gasteiger partial charge in [-0.1, -0.05) is 0 Å². The van der Waals surface area contributed by atoms with Crippen LogP contribution in [0.15, 0.2) is 28.7 Å². The van der Waals surface area contributed by atoms with Gasteiger partial charge in [0.05, 0.1) is 27.0 Å². The van der Waals surface area contributed by atoms with E-state index in [9.17, 15) is 0 Å². The number of oxazole rings is 1. The molecule has 0 atom stereocenters. The van der Waals surface area contributed by atoms with Crippen LogP contribution in [0, 0.1) is 6.92 Å². The maximum absolute atomic E-state index is 6.00. The smallest absolute Gasteiger partial charge is 0.227 e. The molecule has 0 amide bonds. The first-order valence-electron chi connectivity index (χ1n) is 7.04. The number of nitrogens with zero attached hydrogens (tertiary/aromatic N) is 1. The molecule has 0 fully saturated rings. The van der Waals surface area contributed by atoms with Gasteiger partial charge in [0.2, 0.25) is 11.6 Å². The molecule has 6 nitrogen and oxygen atoms in total. The minimum absolute atomic E-state index is 0.441. The average Bonchev–Trinajstić information content (AvgIpc) is 2.97. The standard InChI is InChI=1S/C17H18N2O4/c1-9-5-11(18)15-12(6-9)19-17(23-15)10-7-13(20-2)16(22-4)14(8-10)21-3/h5-8H,18H2,1-4H3. The number of hydrogen-bond donors (Lipinski definition) is 1. The van der Waals surface area contributed by atoms with E-state index in [2.05, 4.69) is 4.98 Å². The molecule has 3 rings (SSSR count). The lowest BCUT2D eigenvalue weighted by Crippen LogP contribution is -1.95. The summed E-state index contributed by atoms with van der Waals surface area (Å²) in [6, 6.07) is 7.35. The highest BCUT2D eigenvalue weighted by Gasteiger charge is 2.18. The van der Waals surface area contributed by atoms with Crippen molar-refractivity contribution in [3.8, 4) is 28.7 Å². The summed E-state index contributed by atoms with van der Waals surface area (Å²) in [7, 11) is 4.69. The second-order valence-electron chi connectivity index (χ2n) is 5.14. The van der Waals surface area contributed by atoms with Gasteiger partial charge in [-0.05, 0) is 36.8 Å². The molecule has 6 heteroatoms. The van der Waals surface area contributed by atoms with Gasteiger partial charge in [0.1, 0.15) is 5.52 Å². The Balaban J connectivity index is 2.20. The fraction of sp³-hybridized carbons (Fsp3) is 0.235. The number of aryl methyl sites for hydroxylation is 1. The second kappa shape index (κ2) is 5.72. The van der Waals surface area contributed by atoms with Crippen molar-refractivity contribution in [2.75, 3.05) is 27.1 Å². The van der Waals surface area contributed by atoms with Crippen LogP contribution in [-0.2, 0) is 0 Å². The third-order valence-electron chi connectivity index (χ3n) is 3.57. The zero-order valence-corrected chi connectivity index (χ0v) is 13.5. The van der Waals surface area contributed by atoms with Gasteiger partial charge in [-0.2, -0.15) is 0 Å². The molecular formula is C17H18N2O4. The molecule has 3 aromatic rings. The van der Waals surface area contributed by atoms with Crippen molar-refractivity contribution in [2.45, 2.75) is 6.92 Å². The van der Waals surface area contributed by atoms with E-state index >= 15 is 0 Å². The van der Waals surface area contributed by atoms with Crippen molar-refractivity contribution < 1.29 is 18.6 Å². The predicted molar refractivity (Wildman–Crippen MR) is 88.3 cm³/mol. The molecule has 1 heterocycles. The molecule has 0 aliphatic carbocycles. The molecule has 2 N–H and O–H groups in total. The third kappa shape index (κ3) is 2.52. The summed E-state index contributed by atoms with van der Waals surface area (Å²) in [6.07, 6.45) is 0. The van der Waals surface area contributed by atoms with Crippen LogP contribution in [0.2, 0.25) is 0 Å². The summed E-state index contributed by atoms with van der Waals surface area (Å²) < 4.78 is 21.9. The molecule has 2 aromatic carbocycles. The van der Waals surface area contributed by atoms with Gasteiger partial charge in [0.25, 0.3) is 0 Å². The van der Waals surface area contributed by atoms with Crippen molar-refractivity contribution in [1.82, 2.24) is 4.98 Å².